The zero-order chi connectivity index (χ0) is 75.8. The Bertz CT molecular complexity index is 2700. The molecule has 0 aliphatic carbocycles. The lowest BCUT2D eigenvalue weighted by atomic mass is 10.2. The molecule has 0 bridgehead atoms. The summed E-state index contributed by atoms with van der Waals surface area (Å²) in [6.45, 7) is 14.7. The monoisotopic (exact) mass is 1410 g/mol. The van der Waals surface area contributed by atoms with E-state index in [9.17, 15) is 14.4 Å². The van der Waals surface area contributed by atoms with Crippen molar-refractivity contribution in [1.82, 2.24) is 0 Å². The van der Waals surface area contributed by atoms with Crippen molar-refractivity contribution in [2.45, 2.75) is 254 Å². The number of esters is 2. The molecule has 0 spiro atoms. The summed E-state index contributed by atoms with van der Waals surface area (Å²) in [5.74, 6) is -0.353. The van der Waals surface area contributed by atoms with Gasteiger partial charge in [0.15, 0.2) is 12.4 Å². The van der Waals surface area contributed by atoms with Gasteiger partial charge in [0.2, 0.25) is 0 Å². The molecule has 1 aromatic rings. The van der Waals surface area contributed by atoms with Crippen molar-refractivity contribution >= 4 is 17.8 Å². The van der Waals surface area contributed by atoms with Crippen LogP contribution in [0.5, 0.6) is 0 Å². The highest BCUT2D eigenvalue weighted by Gasteiger charge is 2.01. The van der Waals surface area contributed by atoms with E-state index >= 15 is 0 Å². The molecule has 0 saturated heterocycles. The van der Waals surface area contributed by atoms with Crippen molar-refractivity contribution in [3.63, 3.8) is 0 Å². The number of pyridine rings is 1. The quantitative estimate of drug-likeness (QED) is 0.0289. The zero-order valence-corrected chi connectivity index (χ0v) is 65.6. The van der Waals surface area contributed by atoms with Gasteiger partial charge in [-0.15, -0.1) is 4.57 Å². The first-order valence-electron chi connectivity index (χ1n) is 38.9. The fourth-order valence-corrected chi connectivity index (χ4v) is 8.21. The Morgan fingerprint density at radius 2 is 0.447 bits per heavy atom. The zero-order valence-electron chi connectivity index (χ0n) is 65.6. The molecule has 1 aromatic heterocycles. The summed E-state index contributed by atoms with van der Waals surface area (Å²) in [4.78, 5) is 31.8. The second-order valence-electron chi connectivity index (χ2n) is 23.5. The number of carbonyl (C=O) groups excluding carboxylic acids is 3. The minimum atomic E-state index is -0.201. The van der Waals surface area contributed by atoms with E-state index in [1.807, 2.05) is 18.2 Å². The maximum atomic E-state index is 10.6. The molecule has 0 fully saturated rings. The fourth-order valence-electron chi connectivity index (χ4n) is 8.21. The van der Waals surface area contributed by atoms with Crippen LogP contribution in [0.2, 0.25) is 0 Å². The molecular formula is C95H144NO7+. The Kier molecular flexibility index (Phi) is 96.5. The van der Waals surface area contributed by atoms with Crippen LogP contribution in [-0.2, 0) is 19.1 Å². The van der Waals surface area contributed by atoms with E-state index in [4.69, 9.17) is 19.7 Å². The molecule has 0 amide bonds. The minimum absolute atomic E-state index is 0.0376. The van der Waals surface area contributed by atoms with Gasteiger partial charge in [-0.25, -0.2) is 4.79 Å². The lowest BCUT2D eigenvalue weighted by Crippen LogP contribution is -2.38. The molecule has 0 aliphatic heterocycles. The highest BCUT2D eigenvalue weighted by atomic mass is 16.5. The maximum absolute atomic E-state index is 10.6. The van der Waals surface area contributed by atoms with E-state index in [0.29, 0.717) is 19.8 Å². The first-order chi connectivity index (χ1) is 50.7. The summed E-state index contributed by atoms with van der Waals surface area (Å²) in [6, 6.07) is 5.52. The Morgan fingerprint density at radius 3 is 0.650 bits per heavy atom. The van der Waals surface area contributed by atoms with Crippen LogP contribution in [0.1, 0.15) is 259 Å². The summed E-state index contributed by atoms with van der Waals surface area (Å²) in [5, 5.41) is 17.3. The number of aliphatic hydroxyl groups is 2. The van der Waals surface area contributed by atoms with Crippen LogP contribution in [0.3, 0.4) is 0 Å². The third-order valence-corrected chi connectivity index (χ3v) is 13.8. The smallest absolute Gasteiger partial charge is 0.389 e. The van der Waals surface area contributed by atoms with Crippen LogP contribution in [0.4, 0.5) is 0 Å². The molecule has 0 unspecified atom stereocenters. The van der Waals surface area contributed by atoms with Crippen molar-refractivity contribution in [1.29, 1.82) is 0 Å². The highest BCUT2D eigenvalue weighted by Crippen LogP contribution is 2.04. The van der Waals surface area contributed by atoms with Crippen LogP contribution in [-0.4, -0.2) is 54.5 Å². The second-order valence-corrected chi connectivity index (χ2v) is 23.5. The van der Waals surface area contributed by atoms with Gasteiger partial charge >= 0.3 is 17.8 Å². The minimum Gasteiger partial charge on any atom is -0.466 e. The number of aromatic nitrogens is 1. The molecule has 103 heavy (non-hydrogen) atoms. The van der Waals surface area contributed by atoms with Crippen molar-refractivity contribution < 1.29 is 38.6 Å². The number of carbonyl (C=O) groups is 3. The topological polar surface area (TPSA) is 114 Å². The standard InChI is InChI=1S/C24H36O2.C22H34O2.C22H34O.C20H32O.C7H8NO/c1-3-4-5-6-7-8-9-10-11-12-13-14-15-16-17-18-19-20-21-22-23-26-24(2)25;1-3-4-5-6-7-8-9-10-11-12-13-14-15-16-17-18-19-20-21-24-22(2)23;1-2-3-4-5-6-7-8-9-10-11-12-13-14-15-16-17-18-19-20-21-22-23;1-2-3-4-5-6-7-8-9-10-11-12-13-14-15-16-17-18-19-20-21;1-7(9)8-5-3-2-4-6-8/h4-5,7-8,10-11,13-14,16-17,19-20H,3,6,9,12,15,18,21-23H2,1-2H3;4-5,7-8,10-11,13-14,16-17H,3,6,9,12,15,18-21H2,1-2H3;3-4,6-7,9-10,12-13,15-16,18-19,23H,2,5,8,11,14,17,20-22H2,1H3;3-4,6-7,9-10,12-13,15-16,21H,2,5,8,11,14,17-20H2,1H3;2-6H,1H3/q;;;;+1/b5-4-,8-7-,11-10-,14-13-,17-16-,20-19-;5-4-,8-7-,11-10-,14-13-,17-16-;4-3-,7-6-,10-9-,13-12-,16-15-,19-18-;4-3-,7-6-,10-9-,13-12-,16-15-;. The SMILES string of the molecule is CC(=O)[n+]1ccccc1.CC/C=C\C/C=C\C/C=C\C/C=C\C/C=C\C/C=C\CCCO.CC/C=C\C/C=C\C/C=C\C/C=C\C/C=C\C/C=C\CCCOC(C)=O.CC/C=C\C/C=C\C/C=C\C/C=C\C/C=C\CCCCO.CC/C=C\C/C=C\C/C=C\C/C=C\C/C=C\CCCCOC(C)=O. The molecule has 0 aromatic carbocycles. The summed E-state index contributed by atoms with van der Waals surface area (Å²) in [7, 11) is 0. The Hall–Kier alpha value is -8.04. The van der Waals surface area contributed by atoms with Gasteiger partial charge in [0.1, 0.15) is 0 Å². The Balaban J connectivity index is -0.000000609. The number of aliphatic hydroxyl groups excluding tert-OH is 2. The normalized spacial score (nSPS) is 12.6. The largest absolute Gasteiger partial charge is 0.466 e. The summed E-state index contributed by atoms with van der Waals surface area (Å²) < 4.78 is 11.3. The van der Waals surface area contributed by atoms with Gasteiger partial charge in [-0.1, -0.05) is 301 Å². The fraction of sp³-hybridized carbons (Fsp3) is 0.453. The molecule has 0 saturated carbocycles. The molecule has 8 nitrogen and oxygen atoms in total. The van der Waals surface area contributed by atoms with Crippen LogP contribution in [0.25, 0.3) is 0 Å². The summed E-state index contributed by atoms with van der Waals surface area (Å²) in [6.07, 6.45) is 133. The van der Waals surface area contributed by atoms with Gasteiger partial charge in [-0.2, -0.15) is 0 Å². The Morgan fingerprint density at radius 1 is 0.252 bits per heavy atom. The molecule has 0 aliphatic rings. The van der Waals surface area contributed by atoms with Gasteiger partial charge in [0.05, 0.1) is 20.1 Å². The molecule has 1 rings (SSSR count). The number of allylic oxidation sites excluding steroid dienone is 44. The predicted molar refractivity (Wildman–Crippen MR) is 452 cm³/mol. The number of ether oxygens (including phenoxy) is 2. The van der Waals surface area contributed by atoms with Gasteiger partial charge in [0, 0.05) is 39.2 Å². The predicted octanol–water partition coefficient (Wildman–Crippen LogP) is 26.5. The van der Waals surface area contributed by atoms with E-state index in [1.54, 1.807) is 12.4 Å². The summed E-state index contributed by atoms with van der Waals surface area (Å²) in [5.41, 5.74) is 0. The van der Waals surface area contributed by atoms with Crippen LogP contribution in [0, 0.1) is 0 Å². The number of nitrogens with zero attached hydrogens (tertiary/aromatic N) is 1. The molecule has 1 heterocycles. The second kappa shape index (κ2) is 98.1. The highest BCUT2D eigenvalue weighted by molar-refractivity contribution is 5.66. The number of unbranched alkanes of at least 4 members (excludes halogenated alkanes) is 6. The molecular weight excluding hydrogens is 1270 g/mol. The maximum Gasteiger partial charge on any atom is 0.389 e. The Labute approximate surface area is 631 Å². The van der Waals surface area contributed by atoms with Gasteiger partial charge in [0.25, 0.3) is 0 Å². The molecule has 570 valence electrons. The van der Waals surface area contributed by atoms with E-state index < -0.39 is 0 Å². The van der Waals surface area contributed by atoms with Crippen LogP contribution in [0.15, 0.2) is 298 Å². The lowest BCUT2D eigenvalue weighted by molar-refractivity contribution is -0.572. The number of hydrogen-bond donors (Lipinski definition) is 2. The first-order valence-corrected chi connectivity index (χ1v) is 38.9. The third-order valence-electron chi connectivity index (χ3n) is 13.8. The van der Waals surface area contributed by atoms with E-state index in [-0.39, 0.29) is 24.5 Å². The average molecular weight is 1410 g/mol. The number of rotatable bonds is 56. The van der Waals surface area contributed by atoms with Crippen molar-refractivity contribution in [3.05, 3.63) is 298 Å². The lowest BCUT2D eigenvalue weighted by Gasteiger charge is -1.99. The third kappa shape index (κ3) is 108. The van der Waals surface area contributed by atoms with Crippen LogP contribution >= 0.6 is 0 Å². The number of hydrogen-bond acceptors (Lipinski definition) is 7. The van der Waals surface area contributed by atoms with Gasteiger partial charge in [-0.3, -0.25) is 9.59 Å². The van der Waals surface area contributed by atoms with Crippen molar-refractivity contribution in [3.8, 4) is 0 Å². The van der Waals surface area contributed by atoms with Crippen molar-refractivity contribution in [2.75, 3.05) is 26.4 Å². The van der Waals surface area contributed by atoms with E-state index in [0.717, 1.165) is 205 Å². The molecule has 0 radical (unpaired) electrons. The average Bonchev–Trinajstić information content (AvgIpc) is 1.19. The molecule has 0 atom stereocenters. The van der Waals surface area contributed by atoms with Crippen LogP contribution < -0.4 is 4.57 Å². The van der Waals surface area contributed by atoms with E-state index in [1.165, 1.54) is 25.3 Å². The van der Waals surface area contributed by atoms with Gasteiger partial charge in [-0.05, 0) is 205 Å². The molecule has 8 heteroatoms. The van der Waals surface area contributed by atoms with Crippen molar-refractivity contribution in [2.24, 2.45) is 0 Å². The van der Waals surface area contributed by atoms with E-state index in [2.05, 4.69) is 295 Å². The van der Waals surface area contributed by atoms with Gasteiger partial charge < -0.3 is 19.7 Å². The summed E-state index contributed by atoms with van der Waals surface area (Å²) >= 11 is 0. The molecule has 2 N–H and O–H groups in total. The first kappa shape index (κ1) is 101.